The van der Waals surface area contributed by atoms with Crippen LogP contribution in [0.15, 0.2) is 18.2 Å². The van der Waals surface area contributed by atoms with Gasteiger partial charge in [0.05, 0.1) is 11.4 Å². The highest BCUT2D eigenvalue weighted by Crippen LogP contribution is 2.19. The Morgan fingerprint density at radius 3 is 2.53 bits per heavy atom. The minimum Gasteiger partial charge on any atom is -0.397 e. The fraction of sp³-hybridized carbons (Fsp3) is 0.500. The maximum Gasteiger partial charge on any atom is 0.248 e. The molecule has 1 aromatic rings. The van der Waals surface area contributed by atoms with E-state index < -0.39 is 5.91 Å². The van der Waals surface area contributed by atoms with Crippen molar-refractivity contribution in [3.63, 3.8) is 0 Å². The third kappa shape index (κ3) is 4.79. The largest absolute Gasteiger partial charge is 0.397 e. The first kappa shape index (κ1) is 15.3. The Morgan fingerprint density at radius 2 is 2.00 bits per heavy atom. The molecule has 19 heavy (non-hydrogen) atoms. The monoisotopic (exact) mass is 264 g/mol. The van der Waals surface area contributed by atoms with Crippen LogP contribution in [0.25, 0.3) is 0 Å². The van der Waals surface area contributed by atoms with Gasteiger partial charge in [0, 0.05) is 12.1 Å². The zero-order valence-electron chi connectivity index (χ0n) is 11.8. The van der Waals surface area contributed by atoms with Crippen molar-refractivity contribution in [2.75, 3.05) is 37.2 Å². The van der Waals surface area contributed by atoms with Gasteiger partial charge in [-0.25, -0.2) is 0 Å². The zero-order chi connectivity index (χ0) is 14.3. The van der Waals surface area contributed by atoms with Crippen molar-refractivity contribution >= 4 is 17.3 Å². The number of nitrogens with zero attached hydrogens (tertiary/aromatic N) is 1. The highest BCUT2D eigenvalue weighted by molar-refractivity contribution is 5.94. The van der Waals surface area contributed by atoms with Crippen LogP contribution in [0.3, 0.4) is 0 Å². The number of nitrogen functional groups attached to an aromatic ring is 1. The van der Waals surface area contributed by atoms with Gasteiger partial charge in [-0.1, -0.05) is 13.8 Å². The fourth-order valence-corrected chi connectivity index (χ4v) is 1.94. The lowest BCUT2D eigenvalue weighted by atomic mass is 10.1. The minimum absolute atomic E-state index is 0.436. The van der Waals surface area contributed by atoms with Crippen LogP contribution >= 0.6 is 0 Å². The number of benzene rings is 1. The summed E-state index contributed by atoms with van der Waals surface area (Å²) in [6, 6.07) is 5.09. The molecule has 1 amide bonds. The van der Waals surface area contributed by atoms with E-state index in [1.54, 1.807) is 18.2 Å². The molecule has 0 unspecified atom stereocenters. The lowest BCUT2D eigenvalue weighted by molar-refractivity contribution is 0.100. The van der Waals surface area contributed by atoms with Crippen LogP contribution in [0, 0.1) is 0 Å². The smallest absolute Gasteiger partial charge is 0.248 e. The predicted octanol–water partition coefficient (Wildman–Crippen LogP) is 1.51. The van der Waals surface area contributed by atoms with E-state index in [0.29, 0.717) is 11.3 Å². The third-order valence-corrected chi connectivity index (χ3v) is 3.20. The van der Waals surface area contributed by atoms with Gasteiger partial charge in [-0.05, 0) is 44.3 Å². The quantitative estimate of drug-likeness (QED) is 0.491. The van der Waals surface area contributed by atoms with Crippen LogP contribution in [-0.4, -0.2) is 37.0 Å². The summed E-state index contributed by atoms with van der Waals surface area (Å²) in [7, 11) is 0. The molecule has 0 spiro atoms. The molecule has 1 rings (SSSR count). The second kappa shape index (κ2) is 7.63. The standard InChI is InChI=1S/C14H24N4O/c1-3-18(4-2)9-5-8-17-13-7-6-11(14(16)19)10-12(13)15/h6-7,10,17H,3-5,8-9,15H2,1-2H3,(H2,16,19). The molecular weight excluding hydrogens is 240 g/mol. The van der Waals surface area contributed by atoms with Crippen LogP contribution in [0.2, 0.25) is 0 Å². The van der Waals surface area contributed by atoms with Crippen molar-refractivity contribution in [3.05, 3.63) is 23.8 Å². The van der Waals surface area contributed by atoms with Crippen LogP contribution in [-0.2, 0) is 0 Å². The number of rotatable bonds is 8. The second-order valence-corrected chi connectivity index (χ2v) is 4.47. The predicted molar refractivity (Wildman–Crippen MR) is 80.3 cm³/mol. The summed E-state index contributed by atoms with van der Waals surface area (Å²) < 4.78 is 0. The lowest BCUT2D eigenvalue weighted by Gasteiger charge is -2.18. The molecule has 0 heterocycles. The van der Waals surface area contributed by atoms with E-state index in [2.05, 4.69) is 24.1 Å². The van der Waals surface area contributed by atoms with Crippen molar-refractivity contribution in [1.29, 1.82) is 0 Å². The van der Waals surface area contributed by atoms with Crippen molar-refractivity contribution in [1.82, 2.24) is 4.90 Å². The first-order chi connectivity index (χ1) is 9.08. The number of anilines is 2. The number of hydrogen-bond acceptors (Lipinski definition) is 4. The van der Waals surface area contributed by atoms with Crippen molar-refractivity contribution in [2.45, 2.75) is 20.3 Å². The average Bonchev–Trinajstić information content (AvgIpc) is 2.40. The molecule has 0 saturated carbocycles. The number of carbonyl (C=O) groups excluding carboxylic acids is 1. The van der Waals surface area contributed by atoms with Crippen molar-refractivity contribution < 1.29 is 4.79 Å². The highest BCUT2D eigenvalue weighted by atomic mass is 16.1. The van der Waals surface area contributed by atoms with Crippen molar-refractivity contribution in [3.8, 4) is 0 Å². The average molecular weight is 264 g/mol. The van der Waals surface area contributed by atoms with Gasteiger partial charge in [0.2, 0.25) is 5.91 Å². The van der Waals surface area contributed by atoms with Gasteiger partial charge < -0.3 is 21.7 Å². The Hall–Kier alpha value is -1.75. The Morgan fingerprint density at radius 1 is 1.32 bits per heavy atom. The Kier molecular flexibility index (Phi) is 6.15. The molecule has 0 aliphatic rings. The normalized spacial score (nSPS) is 10.7. The number of hydrogen-bond donors (Lipinski definition) is 3. The lowest BCUT2D eigenvalue weighted by Crippen LogP contribution is -2.25. The maximum absolute atomic E-state index is 11.0. The maximum atomic E-state index is 11.0. The van der Waals surface area contributed by atoms with E-state index in [0.717, 1.165) is 38.3 Å². The SMILES string of the molecule is CCN(CC)CCCNc1ccc(C(N)=O)cc1N. The molecular formula is C14H24N4O. The summed E-state index contributed by atoms with van der Waals surface area (Å²) in [5, 5.41) is 3.28. The van der Waals surface area contributed by atoms with Crippen LogP contribution in [0.1, 0.15) is 30.6 Å². The molecule has 0 atom stereocenters. The van der Waals surface area contributed by atoms with Crippen LogP contribution < -0.4 is 16.8 Å². The number of nitrogens with one attached hydrogen (secondary N) is 1. The molecule has 0 aliphatic carbocycles. The molecule has 5 nitrogen and oxygen atoms in total. The number of primary amides is 1. The van der Waals surface area contributed by atoms with Crippen molar-refractivity contribution in [2.24, 2.45) is 5.73 Å². The first-order valence-corrected chi connectivity index (χ1v) is 6.74. The molecule has 0 bridgehead atoms. The zero-order valence-corrected chi connectivity index (χ0v) is 11.8. The summed E-state index contributed by atoms with van der Waals surface area (Å²) >= 11 is 0. The van der Waals surface area contributed by atoms with Gasteiger partial charge in [-0.15, -0.1) is 0 Å². The summed E-state index contributed by atoms with van der Waals surface area (Å²) in [4.78, 5) is 13.4. The van der Waals surface area contributed by atoms with Gasteiger partial charge in [0.15, 0.2) is 0 Å². The molecule has 0 fully saturated rings. The van der Waals surface area contributed by atoms with Crippen LogP contribution in [0.4, 0.5) is 11.4 Å². The van der Waals surface area contributed by atoms with Gasteiger partial charge in [-0.3, -0.25) is 4.79 Å². The molecule has 5 N–H and O–H groups in total. The van der Waals surface area contributed by atoms with Gasteiger partial charge in [0.25, 0.3) is 0 Å². The van der Waals surface area contributed by atoms with Gasteiger partial charge >= 0.3 is 0 Å². The summed E-state index contributed by atoms with van der Waals surface area (Å²) in [5.41, 5.74) is 12.9. The molecule has 0 radical (unpaired) electrons. The molecule has 5 heteroatoms. The Balaban J connectivity index is 2.43. The van der Waals surface area contributed by atoms with E-state index in [1.165, 1.54) is 0 Å². The minimum atomic E-state index is -0.459. The van der Waals surface area contributed by atoms with Crippen LogP contribution in [0.5, 0.6) is 0 Å². The highest BCUT2D eigenvalue weighted by Gasteiger charge is 2.04. The topological polar surface area (TPSA) is 84.4 Å². The first-order valence-electron chi connectivity index (χ1n) is 6.74. The van der Waals surface area contributed by atoms with E-state index in [9.17, 15) is 4.79 Å². The third-order valence-electron chi connectivity index (χ3n) is 3.20. The molecule has 106 valence electrons. The van der Waals surface area contributed by atoms with E-state index in [1.807, 2.05) is 0 Å². The van der Waals surface area contributed by atoms with Gasteiger partial charge in [0.1, 0.15) is 0 Å². The van der Waals surface area contributed by atoms with Gasteiger partial charge in [-0.2, -0.15) is 0 Å². The van der Waals surface area contributed by atoms with E-state index in [4.69, 9.17) is 11.5 Å². The number of carbonyl (C=O) groups is 1. The Bertz CT molecular complexity index is 416. The number of amides is 1. The summed E-state index contributed by atoms with van der Waals surface area (Å²) in [6.07, 6.45) is 1.05. The Labute approximate surface area is 115 Å². The summed E-state index contributed by atoms with van der Waals surface area (Å²) in [6.45, 7) is 8.41. The second-order valence-electron chi connectivity index (χ2n) is 4.47. The van der Waals surface area contributed by atoms with E-state index >= 15 is 0 Å². The molecule has 1 aromatic carbocycles. The molecule has 0 aromatic heterocycles. The van der Waals surface area contributed by atoms with E-state index in [-0.39, 0.29) is 0 Å². The molecule has 0 saturated heterocycles. The summed E-state index contributed by atoms with van der Waals surface area (Å²) in [5.74, 6) is -0.459. The fourth-order valence-electron chi connectivity index (χ4n) is 1.94. The molecule has 0 aliphatic heterocycles. The number of nitrogens with two attached hydrogens (primary N) is 2.